The van der Waals surface area contributed by atoms with Crippen LogP contribution in [0.3, 0.4) is 0 Å². The van der Waals surface area contributed by atoms with Gasteiger partial charge in [-0.1, -0.05) is 18.0 Å². The number of pyridine rings is 1. The monoisotopic (exact) mass is 379 g/mol. The molecule has 2 fully saturated rings. The van der Waals surface area contributed by atoms with Crippen LogP contribution < -0.4 is 0 Å². The molecule has 8 nitrogen and oxygen atoms in total. The molecule has 1 unspecified atom stereocenters. The number of aromatic nitrogens is 4. The van der Waals surface area contributed by atoms with Crippen molar-refractivity contribution in [3.05, 3.63) is 48.7 Å². The molecule has 1 aliphatic carbocycles. The molecule has 3 aromatic rings. The van der Waals surface area contributed by atoms with Crippen molar-refractivity contribution in [3.63, 3.8) is 0 Å². The molecule has 1 atom stereocenters. The minimum Gasteiger partial charge on any atom is -0.451 e. The quantitative estimate of drug-likeness (QED) is 0.672. The lowest BCUT2D eigenvalue weighted by molar-refractivity contribution is 0.0601. The maximum Gasteiger partial charge on any atom is 0.275 e. The first-order chi connectivity index (χ1) is 13.7. The van der Waals surface area contributed by atoms with Crippen LogP contribution in [0, 0.1) is 5.92 Å². The Bertz CT molecular complexity index is 951. The zero-order chi connectivity index (χ0) is 19.0. The van der Waals surface area contributed by atoms with Crippen molar-refractivity contribution in [1.29, 1.82) is 0 Å². The van der Waals surface area contributed by atoms with Gasteiger partial charge >= 0.3 is 0 Å². The molecule has 0 radical (unpaired) electrons. The van der Waals surface area contributed by atoms with Crippen molar-refractivity contribution in [1.82, 2.24) is 25.0 Å². The summed E-state index contributed by atoms with van der Waals surface area (Å²) in [7, 11) is 0. The normalized spacial score (nSPS) is 22.4. The Balaban J connectivity index is 1.45. The second-order valence-corrected chi connectivity index (χ2v) is 7.80. The molecule has 3 aromatic heterocycles. The smallest absolute Gasteiger partial charge is 0.275 e. The molecular weight excluding hydrogens is 358 g/mol. The number of nitrogens with zero attached hydrogens (tertiary/aromatic N) is 5. The Kier molecular flexibility index (Phi) is 4.18. The maximum atomic E-state index is 12.8. The SMILES string of the molecule is O=C(c1cocn1)N1CCCC(CC2CC2)(c2noc(-c3cccnc3)n2)C1. The van der Waals surface area contributed by atoms with Crippen molar-refractivity contribution in [2.24, 2.45) is 5.92 Å². The van der Waals surface area contributed by atoms with E-state index in [4.69, 9.17) is 13.9 Å². The molecule has 0 spiro atoms. The number of likely N-dealkylation sites (tertiary alicyclic amines) is 1. The highest BCUT2D eigenvalue weighted by atomic mass is 16.5. The fourth-order valence-electron chi connectivity index (χ4n) is 4.15. The van der Waals surface area contributed by atoms with Crippen LogP contribution in [0.5, 0.6) is 0 Å². The van der Waals surface area contributed by atoms with Gasteiger partial charge in [0.25, 0.3) is 11.8 Å². The predicted molar refractivity (Wildman–Crippen MR) is 98.2 cm³/mol. The second kappa shape index (κ2) is 6.85. The third-order valence-electron chi connectivity index (χ3n) is 5.70. The fraction of sp³-hybridized carbons (Fsp3) is 0.450. The lowest BCUT2D eigenvalue weighted by atomic mass is 9.74. The molecule has 0 N–H and O–H groups in total. The van der Waals surface area contributed by atoms with Gasteiger partial charge in [0.15, 0.2) is 17.9 Å². The maximum absolute atomic E-state index is 12.8. The number of amides is 1. The molecule has 2 aliphatic rings. The molecule has 4 heterocycles. The zero-order valence-corrected chi connectivity index (χ0v) is 15.5. The Morgan fingerprint density at radius 1 is 1.36 bits per heavy atom. The molecule has 1 saturated heterocycles. The van der Waals surface area contributed by atoms with Crippen LogP contribution in [0.15, 0.2) is 46.1 Å². The number of carbonyl (C=O) groups is 1. The van der Waals surface area contributed by atoms with Gasteiger partial charge in [0.05, 0.1) is 11.0 Å². The molecule has 0 aromatic carbocycles. The van der Waals surface area contributed by atoms with Crippen molar-refractivity contribution in [3.8, 4) is 11.5 Å². The minimum atomic E-state index is -0.289. The van der Waals surface area contributed by atoms with Gasteiger partial charge in [0, 0.05) is 25.5 Å². The number of piperidine rings is 1. The first-order valence-electron chi connectivity index (χ1n) is 9.66. The summed E-state index contributed by atoms with van der Waals surface area (Å²) in [4.78, 5) is 27.6. The van der Waals surface area contributed by atoms with Gasteiger partial charge in [0.2, 0.25) is 0 Å². The summed E-state index contributed by atoms with van der Waals surface area (Å²) in [5, 5.41) is 4.34. The summed E-state index contributed by atoms with van der Waals surface area (Å²) in [6.07, 6.45) is 11.4. The van der Waals surface area contributed by atoms with Crippen molar-refractivity contribution in [2.75, 3.05) is 13.1 Å². The molecule has 28 heavy (non-hydrogen) atoms. The number of carbonyl (C=O) groups excluding carboxylic acids is 1. The summed E-state index contributed by atoms with van der Waals surface area (Å²) < 4.78 is 10.6. The topological polar surface area (TPSA) is 98.2 Å². The van der Waals surface area contributed by atoms with E-state index in [0.717, 1.165) is 24.8 Å². The standard InChI is InChI=1S/C20H21N5O3/c26-18(16-11-27-13-22-16)25-8-2-6-20(12-25,9-14-4-5-14)19-23-17(28-24-19)15-3-1-7-21-10-15/h1,3,7,10-11,13-14H,2,4-6,8-9,12H2. The third kappa shape index (κ3) is 3.19. The molecular formula is C20H21N5O3. The summed E-state index contributed by atoms with van der Waals surface area (Å²) in [6.45, 7) is 1.27. The van der Waals surface area contributed by atoms with Crippen LogP contribution in [0.2, 0.25) is 0 Å². The summed E-state index contributed by atoms with van der Waals surface area (Å²) >= 11 is 0. The highest BCUT2D eigenvalue weighted by molar-refractivity contribution is 5.92. The van der Waals surface area contributed by atoms with Gasteiger partial charge in [-0.2, -0.15) is 4.98 Å². The van der Waals surface area contributed by atoms with Crippen LogP contribution in [0.4, 0.5) is 0 Å². The largest absolute Gasteiger partial charge is 0.451 e. The van der Waals surface area contributed by atoms with Gasteiger partial charge in [-0.15, -0.1) is 0 Å². The Hall–Kier alpha value is -3.03. The molecule has 0 bridgehead atoms. The van der Waals surface area contributed by atoms with Crippen LogP contribution in [0.1, 0.15) is 48.4 Å². The summed E-state index contributed by atoms with van der Waals surface area (Å²) in [5.74, 6) is 1.72. The Morgan fingerprint density at radius 2 is 2.29 bits per heavy atom. The average molecular weight is 379 g/mol. The molecule has 1 saturated carbocycles. The first kappa shape index (κ1) is 17.1. The van der Waals surface area contributed by atoms with Crippen LogP contribution in [0.25, 0.3) is 11.5 Å². The number of hydrogen-bond donors (Lipinski definition) is 0. The van der Waals surface area contributed by atoms with Gasteiger partial charge in [-0.3, -0.25) is 9.78 Å². The summed E-state index contributed by atoms with van der Waals surface area (Å²) in [6, 6.07) is 3.75. The summed E-state index contributed by atoms with van der Waals surface area (Å²) in [5.41, 5.74) is 0.850. The van der Waals surface area contributed by atoms with Crippen molar-refractivity contribution >= 4 is 5.91 Å². The number of hydrogen-bond acceptors (Lipinski definition) is 7. The van der Waals surface area contributed by atoms with E-state index in [9.17, 15) is 4.79 Å². The Morgan fingerprint density at radius 3 is 3.04 bits per heavy atom. The van der Waals surface area contributed by atoms with Crippen LogP contribution in [-0.2, 0) is 5.41 Å². The molecule has 1 aliphatic heterocycles. The van der Waals surface area contributed by atoms with Crippen LogP contribution >= 0.6 is 0 Å². The highest BCUT2D eigenvalue weighted by Crippen LogP contribution is 2.46. The lowest BCUT2D eigenvalue weighted by Gasteiger charge is -2.40. The van der Waals surface area contributed by atoms with E-state index < -0.39 is 0 Å². The molecule has 8 heteroatoms. The lowest BCUT2D eigenvalue weighted by Crippen LogP contribution is -2.49. The predicted octanol–water partition coefficient (Wildman–Crippen LogP) is 3.09. The molecule has 1 amide bonds. The second-order valence-electron chi connectivity index (χ2n) is 7.80. The van der Waals surface area contributed by atoms with E-state index in [1.807, 2.05) is 17.0 Å². The fourth-order valence-corrected chi connectivity index (χ4v) is 4.15. The van der Waals surface area contributed by atoms with Crippen molar-refractivity contribution in [2.45, 2.75) is 37.5 Å². The van der Waals surface area contributed by atoms with Gasteiger partial charge in [-0.05, 0) is 37.3 Å². The zero-order valence-electron chi connectivity index (χ0n) is 15.5. The highest BCUT2D eigenvalue weighted by Gasteiger charge is 2.46. The van der Waals surface area contributed by atoms with E-state index in [1.54, 1.807) is 12.4 Å². The van der Waals surface area contributed by atoms with E-state index in [2.05, 4.69) is 15.1 Å². The Labute approximate surface area is 162 Å². The van der Waals surface area contributed by atoms with Gasteiger partial charge < -0.3 is 13.8 Å². The van der Waals surface area contributed by atoms with Crippen LogP contribution in [-0.4, -0.2) is 44.0 Å². The van der Waals surface area contributed by atoms with Crippen molar-refractivity contribution < 1.29 is 13.7 Å². The molecule has 5 rings (SSSR count). The van der Waals surface area contributed by atoms with E-state index >= 15 is 0 Å². The number of oxazole rings is 1. The third-order valence-corrected chi connectivity index (χ3v) is 5.70. The van der Waals surface area contributed by atoms with E-state index in [-0.39, 0.29) is 11.3 Å². The van der Waals surface area contributed by atoms with E-state index in [1.165, 1.54) is 25.5 Å². The van der Waals surface area contributed by atoms with Gasteiger partial charge in [-0.25, -0.2) is 4.98 Å². The van der Waals surface area contributed by atoms with E-state index in [0.29, 0.717) is 36.4 Å². The minimum absolute atomic E-state index is 0.107. The number of rotatable bonds is 5. The first-order valence-corrected chi connectivity index (χ1v) is 9.66. The molecule has 144 valence electrons. The average Bonchev–Trinajstić information content (AvgIpc) is 3.20. The van der Waals surface area contributed by atoms with Gasteiger partial charge in [0.1, 0.15) is 6.26 Å².